The second kappa shape index (κ2) is 14.4. The van der Waals surface area contributed by atoms with Crippen molar-refractivity contribution >= 4 is 0 Å². The average molecular weight is 280 g/mol. The zero-order valence-electron chi connectivity index (χ0n) is 13.4. The van der Waals surface area contributed by atoms with Gasteiger partial charge in [0.1, 0.15) is 5.76 Å². The van der Waals surface area contributed by atoms with Crippen molar-refractivity contribution in [1.29, 1.82) is 0 Å². The average Bonchev–Trinajstić information content (AvgIpc) is 2.51. The fourth-order valence-electron chi connectivity index (χ4n) is 1.98. The van der Waals surface area contributed by atoms with E-state index in [4.69, 9.17) is 4.74 Å². The van der Waals surface area contributed by atoms with Crippen molar-refractivity contribution in [3.8, 4) is 0 Å². The third-order valence-corrected chi connectivity index (χ3v) is 3.03. The number of rotatable bonds is 9. The molecule has 0 saturated carbocycles. The van der Waals surface area contributed by atoms with E-state index in [0.29, 0.717) is 0 Å². The number of allylic oxidation sites excluding steroid dienone is 3. The lowest BCUT2D eigenvalue weighted by molar-refractivity contribution is 0.208. The monoisotopic (exact) mass is 280 g/mol. The van der Waals surface area contributed by atoms with Gasteiger partial charge in [0.15, 0.2) is 0 Å². The number of hydrogen-bond acceptors (Lipinski definition) is 3. The lowest BCUT2D eigenvalue weighted by Gasteiger charge is -2.26. The molecule has 1 saturated heterocycles. The van der Waals surface area contributed by atoms with Gasteiger partial charge in [0.05, 0.1) is 6.61 Å². The van der Waals surface area contributed by atoms with Crippen LogP contribution >= 0.6 is 0 Å². The van der Waals surface area contributed by atoms with Crippen LogP contribution in [0.4, 0.5) is 0 Å². The van der Waals surface area contributed by atoms with Crippen molar-refractivity contribution in [3.05, 3.63) is 37.1 Å². The number of hydrogen-bond donors (Lipinski definition) is 1. The Bertz CT molecular complexity index is 268. The quantitative estimate of drug-likeness (QED) is 0.398. The maximum absolute atomic E-state index is 5.48. The van der Waals surface area contributed by atoms with Crippen molar-refractivity contribution in [2.45, 2.75) is 33.1 Å². The molecule has 1 fully saturated rings. The normalized spacial score (nSPS) is 15.5. The molecule has 0 radical (unpaired) electrons. The Labute approximate surface area is 125 Å². The molecule has 1 N–H and O–H groups in total. The van der Waals surface area contributed by atoms with Crippen LogP contribution < -0.4 is 5.32 Å². The summed E-state index contributed by atoms with van der Waals surface area (Å²) in [5.41, 5.74) is 0. The van der Waals surface area contributed by atoms with Crippen molar-refractivity contribution in [3.63, 3.8) is 0 Å². The molecule has 1 aliphatic heterocycles. The van der Waals surface area contributed by atoms with Crippen LogP contribution in [0.25, 0.3) is 0 Å². The van der Waals surface area contributed by atoms with E-state index in [0.717, 1.165) is 31.9 Å². The van der Waals surface area contributed by atoms with Gasteiger partial charge in [-0.3, -0.25) is 0 Å². The summed E-state index contributed by atoms with van der Waals surface area (Å²) in [6.45, 7) is 18.1. The van der Waals surface area contributed by atoms with Crippen LogP contribution in [0, 0.1) is 0 Å². The summed E-state index contributed by atoms with van der Waals surface area (Å²) < 4.78 is 5.48. The Morgan fingerprint density at radius 1 is 1.20 bits per heavy atom. The number of unbranched alkanes of at least 4 members (excludes halogenated alkanes) is 2. The summed E-state index contributed by atoms with van der Waals surface area (Å²) in [5.74, 6) is 0.719. The minimum absolute atomic E-state index is 0.719. The molecule has 3 nitrogen and oxygen atoms in total. The third-order valence-electron chi connectivity index (χ3n) is 3.03. The molecule has 116 valence electrons. The molecule has 0 aromatic heterocycles. The Hall–Kier alpha value is -1.06. The topological polar surface area (TPSA) is 24.5 Å². The van der Waals surface area contributed by atoms with Crippen LogP contribution in [-0.4, -0.2) is 44.2 Å². The molecule has 1 aliphatic rings. The van der Waals surface area contributed by atoms with Crippen LogP contribution in [0.1, 0.15) is 33.1 Å². The minimum Gasteiger partial charge on any atom is -0.494 e. The molecule has 20 heavy (non-hydrogen) atoms. The predicted molar refractivity (Wildman–Crippen MR) is 88.9 cm³/mol. The molecule has 0 spiro atoms. The van der Waals surface area contributed by atoms with Gasteiger partial charge in [-0.05, 0) is 31.9 Å². The first-order valence-electron chi connectivity index (χ1n) is 7.87. The second-order valence-corrected chi connectivity index (χ2v) is 4.56. The predicted octanol–water partition coefficient (Wildman–Crippen LogP) is 3.36. The highest BCUT2D eigenvalue weighted by Crippen LogP contribution is 2.03. The number of nitrogens with one attached hydrogen (secondary N) is 1. The maximum atomic E-state index is 5.48. The molecular weight excluding hydrogens is 248 g/mol. The molecule has 0 amide bonds. The van der Waals surface area contributed by atoms with Crippen molar-refractivity contribution in [2.24, 2.45) is 0 Å². The molecule has 0 unspecified atom stereocenters. The molecule has 0 aromatic rings. The molecule has 0 aliphatic carbocycles. The Morgan fingerprint density at radius 2 is 1.90 bits per heavy atom. The van der Waals surface area contributed by atoms with E-state index in [-0.39, 0.29) is 0 Å². The SMILES string of the molecule is C=C/C=C\C(=C)OCCCCCN1CCNCC1.CC. The van der Waals surface area contributed by atoms with E-state index in [1.54, 1.807) is 6.08 Å². The first-order chi connectivity index (χ1) is 9.83. The lowest BCUT2D eigenvalue weighted by Crippen LogP contribution is -2.43. The van der Waals surface area contributed by atoms with Gasteiger partial charge in [-0.2, -0.15) is 0 Å². The van der Waals surface area contributed by atoms with E-state index >= 15 is 0 Å². The van der Waals surface area contributed by atoms with Gasteiger partial charge in [0.2, 0.25) is 0 Å². The Morgan fingerprint density at radius 3 is 2.55 bits per heavy atom. The Kier molecular flexibility index (Phi) is 13.6. The standard InChI is InChI=1S/C15H26N2O.C2H6/c1-3-4-8-15(2)18-14-7-5-6-11-17-12-9-16-10-13-17;1-2/h3-4,8,16H,1-2,5-7,9-14H2;1-2H3/b8-4-;. The van der Waals surface area contributed by atoms with Gasteiger partial charge < -0.3 is 15.0 Å². The first kappa shape index (κ1) is 18.9. The molecule has 0 atom stereocenters. The minimum atomic E-state index is 0.719. The van der Waals surface area contributed by atoms with Gasteiger partial charge >= 0.3 is 0 Å². The fraction of sp³-hybridized carbons (Fsp3) is 0.647. The summed E-state index contributed by atoms with van der Waals surface area (Å²) in [6.07, 6.45) is 9.00. The summed E-state index contributed by atoms with van der Waals surface area (Å²) >= 11 is 0. The van der Waals surface area contributed by atoms with E-state index in [2.05, 4.69) is 23.4 Å². The van der Waals surface area contributed by atoms with E-state index < -0.39 is 0 Å². The van der Waals surface area contributed by atoms with Gasteiger partial charge in [-0.1, -0.05) is 39.2 Å². The number of ether oxygens (including phenoxy) is 1. The highest BCUT2D eigenvalue weighted by Gasteiger charge is 2.07. The summed E-state index contributed by atoms with van der Waals surface area (Å²) in [4.78, 5) is 2.53. The summed E-state index contributed by atoms with van der Waals surface area (Å²) in [6, 6.07) is 0. The summed E-state index contributed by atoms with van der Waals surface area (Å²) in [7, 11) is 0. The summed E-state index contributed by atoms with van der Waals surface area (Å²) in [5, 5.41) is 3.37. The van der Waals surface area contributed by atoms with Crippen molar-refractivity contribution in [1.82, 2.24) is 10.2 Å². The van der Waals surface area contributed by atoms with Gasteiger partial charge in [0, 0.05) is 26.2 Å². The molecule has 1 heterocycles. The van der Waals surface area contributed by atoms with Crippen LogP contribution in [0.3, 0.4) is 0 Å². The van der Waals surface area contributed by atoms with Crippen LogP contribution in [0.2, 0.25) is 0 Å². The van der Waals surface area contributed by atoms with Crippen LogP contribution in [0.5, 0.6) is 0 Å². The zero-order valence-corrected chi connectivity index (χ0v) is 13.4. The Balaban J connectivity index is 0.00000172. The maximum Gasteiger partial charge on any atom is 0.112 e. The number of piperazine rings is 1. The van der Waals surface area contributed by atoms with Gasteiger partial charge in [-0.15, -0.1) is 0 Å². The second-order valence-electron chi connectivity index (χ2n) is 4.56. The first-order valence-corrected chi connectivity index (χ1v) is 7.87. The van der Waals surface area contributed by atoms with E-state index in [1.807, 2.05) is 26.0 Å². The smallest absolute Gasteiger partial charge is 0.112 e. The van der Waals surface area contributed by atoms with Crippen LogP contribution in [0.15, 0.2) is 37.1 Å². The molecule has 0 aromatic carbocycles. The highest BCUT2D eigenvalue weighted by atomic mass is 16.5. The highest BCUT2D eigenvalue weighted by molar-refractivity contribution is 5.12. The van der Waals surface area contributed by atoms with Crippen LogP contribution in [-0.2, 0) is 4.74 Å². The van der Waals surface area contributed by atoms with E-state index in [1.165, 1.54) is 32.5 Å². The lowest BCUT2D eigenvalue weighted by atomic mass is 10.2. The zero-order chi connectivity index (χ0) is 15.1. The molecular formula is C17H32N2O. The van der Waals surface area contributed by atoms with E-state index in [9.17, 15) is 0 Å². The third kappa shape index (κ3) is 10.8. The molecule has 0 bridgehead atoms. The van der Waals surface area contributed by atoms with Gasteiger partial charge in [0.25, 0.3) is 0 Å². The van der Waals surface area contributed by atoms with Crippen molar-refractivity contribution < 1.29 is 4.74 Å². The number of nitrogens with zero attached hydrogens (tertiary/aromatic N) is 1. The molecule has 3 heteroatoms. The molecule has 1 rings (SSSR count). The largest absolute Gasteiger partial charge is 0.494 e. The van der Waals surface area contributed by atoms with Crippen molar-refractivity contribution in [2.75, 3.05) is 39.3 Å². The fourth-order valence-corrected chi connectivity index (χ4v) is 1.98. The van der Waals surface area contributed by atoms with Gasteiger partial charge in [-0.25, -0.2) is 0 Å².